The Labute approximate surface area is 164 Å². The SMILES string of the molecule is CCNC(=NCc1ccc(S(=O)(=O)NC)cc1)NC1CCC(C(C)C)CC1. The van der Waals surface area contributed by atoms with E-state index in [0.717, 1.165) is 29.9 Å². The number of aliphatic imine (C=N–C) groups is 1. The molecule has 0 saturated heterocycles. The van der Waals surface area contributed by atoms with Gasteiger partial charge in [-0.05, 0) is 69.2 Å². The van der Waals surface area contributed by atoms with Crippen molar-refractivity contribution in [1.29, 1.82) is 0 Å². The molecule has 0 bridgehead atoms. The van der Waals surface area contributed by atoms with Gasteiger partial charge < -0.3 is 10.6 Å². The zero-order valence-electron chi connectivity index (χ0n) is 17.0. The predicted molar refractivity (Wildman–Crippen MR) is 111 cm³/mol. The summed E-state index contributed by atoms with van der Waals surface area (Å²) in [7, 11) is -1.98. The molecule has 2 rings (SSSR count). The van der Waals surface area contributed by atoms with Gasteiger partial charge in [-0.25, -0.2) is 18.1 Å². The third-order valence-electron chi connectivity index (χ3n) is 5.32. The van der Waals surface area contributed by atoms with Crippen molar-refractivity contribution in [2.45, 2.75) is 63.9 Å². The lowest BCUT2D eigenvalue weighted by atomic mass is 9.80. The van der Waals surface area contributed by atoms with Gasteiger partial charge in [0.2, 0.25) is 10.0 Å². The van der Waals surface area contributed by atoms with Crippen LogP contribution in [-0.2, 0) is 16.6 Å². The van der Waals surface area contributed by atoms with Crippen LogP contribution in [0.1, 0.15) is 52.0 Å². The summed E-state index contributed by atoms with van der Waals surface area (Å²) >= 11 is 0. The molecule has 0 amide bonds. The molecule has 1 aromatic rings. The number of benzene rings is 1. The first kappa shape index (κ1) is 21.7. The second-order valence-corrected chi connectivity index (χ2v) is 9.43. The van der Waals surface area contributed by atoms with Crippen LogP contribution in [-0.4, -0.2) is 34.0 Å². The maximum atomic E-state index is 11.8. The Balaban J connectivity index is 1.95. The van der Waals surface area contributed by atoms with Gasteiger partial charge in [0.05, 0.1) is 11.4 Å². The van der Waals surface area contributed by atoms with Gasteiger partial charge in [-0.15, -0.1) is 0 Å². The molecule has 27 heavy (non-hydrogen) atoms. The van der Waals surface area contributed by atoms with E-state index in [1.807, 2.05) is 12.1 Å². The second kappa shape index (κ2) is 10.1. The van der Waals surface area contributed by atoms with Gasteiger partial charge in [-0.1, -0.05) is 26.0 Å². The zero-order chi connectivity index (χ0) is 19.9. The van der Waals surface area contributed by atoms with E-state index in [4.69, 9.17) is 0 Å². The Morgan fingerprint density at radius 3 is 2.30 bits per heavy atom. The molecule has 1 fully saturated rings. The van der Waals surface area contributed by atoms with E-state index >= 15 is 0 Å². The van der Waals surface area contributed by atoms with E-state index in [1.165, 1.54) is 32.7 Å². The van der Waals surface area contributed by atoms with E-state index in [2.05, 4.69) is 41.1 Å². The van der Waals surface area contributed by atoms with Crippen molar-refractivity contribution < 1.29 is 8.42 Å². The standard InChI is InChI=1S/C20H34N4O2S/c1-5-22-20(24-18-10-8-17(9-11-18)15(2)3)23-14-16-6-12-19(13-7-16)27(25,26)21-4/h6-7,12-13,15,17-18,21H,5,8-11,14H2,1-4H3,(H2,22,23,24). The van der Waals surface area contributed by atoms with Gasteiger partial charge in [0.25, 0.3) is 0 Å². The first-order valence-electron chi connectivity index (χ1n) is 9.93. The molecule has 1 saturated carbocycles. The summed E-state index contributed by atoms with van der Waals surface area (Å²) in [5.41, 5.74) is 0.978. The Kier molecular flexibility index (Phi) is 8.10. The smallest absolute Gasteiger partial charge is 0.240 e. The third kappa shape index (κ3) is 6.50. The van der Waals surface area contributed by atoms with Crippen molar-refractivity contribution in [3.63, 3.8) is 0 Å². The highest BCUT2D eigenvalue weighted by atomic mass is 32.2. The van der Waals surface area contributed by atoms with Gasteiger partial charge in [0.15, 0.2) is 5.96 Å². The first-order chi connectivity index (χ1) is 12.9. The van der Waals surface area contributed by atoms with Crippen LogP contribution in [0.5, 0.6) is 0 Å². The molecule has 0 unspecified atom stereocenters. The van der Waals surface area contributed by atoms with Gasteiger partial charge in [-0.3, -0.25) is 0 Å². The van der Waals surface area contributed by atoms with Crippen LogP contribution in [0, 0.1) is 11.8 Å². The fourth-order valence-electron chi connectivity index (χ4n) is 3.51. The van der Waals surface area contributed by atoms with Crippen LogP contribution in [0.4, 0.5) is 0 Å². The average Bonchev–Trinajstić information content (AvgIpc) is 2.67. The topological polar surface area (TPSA) is 82.6 Å². The molecule has 152 valence electrons. The van der Waals surface area contributed by atoms with Gasteiger partial charge in [0, 0.05) is 12.6 Å². The lowest BCUT2D eigenvalue weighted by Gasteiger charge is -2.32. The van der Waals surface area contributed by atoms with Crippen LogP contribution in [0.3, 0.4) is 0 Å². The summed E-state index contributed by atoms with van der Waals surface area (Å²) < 4.78 is 25.9. The number of hydrogen-bond acceptors (Lipinski definition) is 3. The zero-order valence-corrected chi connectivity index (χ0v) is 17.8. The van der Waals surface area contributed by atoms with Crippen molar-refractivity contribution in [3.05, 3.63) is 29.8 Å². The average molecular weight is 395 g/mol. The summed E-state index contributed by atoms with van der Waals surface area (Å²) in [6.07, 6.45) is 4.92. The monoisotopic (exact) mass is 394 g/mol. The van der Waals surface area contributed by atoms with E-state index < -0.39 is 10.0 Å². The molecule has 0 spiro atoms. The quantitative estimate of drug-likeness (QED) is 0.491. The highest BCUT2D eigenvalue weighted by Crippen LogP contribution is 2.29. The Morgan fingerprint density at radius 2 is 1.78 bits per heavy atom. The molecule has 0 radical (unpaired) electrons. The number of nitrogens with zero attached hydrogens (tertiary/aromatic N) is 1. The molecule has 1 aliphatic carbocycles. The van der Waals surface area contributed by atoms with E-state index in [-0.39, 0.29) is 4.90 Å². The summed E-state index contributed by atoms with van der Waals surface area (Å²) in [6.45, 7) is 8.02. The number of nitrogens with one attached hydrogen (secondary N) is 3. The summed E-state index contributed by atoms with van der Waals surface area (Å²) in [4.78, 5) is 4.94. The number of rotatable bonds is 7. The molecule has 7 heteroatoms. The fourth-order valence-corrected chi connectivity index (χ4v) is 4.24. The van der Waals surface area contributed by atoms with Crippen LogP contribution in [0.25, 0.3) is 0 Å². The Hall–Kier alpha value is -1.60. The maximum Gasteiger partial charge on any atom is 0.240 e. The lowest BCUT2D eigenvalue weighted by molar-refractivity contribution is 0.250. The molecule has 0 heterocycles. The van der Waals surface area contributed by atoms with Crippen LogP contribution < -0.4 is 15.4 Å². The number of hydrogen-bond donors (Lipinski definition) is 3. The third-order valence-corrected chi connectivity index (χ3v) is 6.75. The van der Waals surface area contributed by atoms with E-state index in [0.29, 0.717) is 12.6 Å². The highest BCUT2D eigenvalue weighted by molar-refractivity contribution is 7.89. The minimum atomic E-state index is -3.40. The van der Waals surface area contributed by atoms with Crippen molar-refractivity contribution in [2.75, 3.05) is 13.6 Å². The van der Waals surface area contributed by atoms with Crippen LogP contribution >= 0.6 is 0 Å². The molecule has 0 aliphatic heterocycles. The molecular formula is C20H34N4O2S. The lowest BCUT2D eigenvalue weighted by Crippen LogP contribution is -2.45. The highest BCUT2D eigenvalue weighted by Gasteiger charge is 2.23. The normalized spacial score (nSPS) is 21.3. The first-order valence-corrected chi connectivity index (χ1v) is 11.4. The molecular weight excluding hydrogens is 360 g/mol. The Morgan fingerprint density at radius 1 is 1.15 bits per heavy atom. The van der Waals surface area contributed by atoms with Crippen molar-refractivity contribution in [2.24, 2.45) is 16.8 Å². The van der Waals surface area contributed by atoms with Gasteiger partial charge in [0.1, 0.15) is 0 Å². The molecule has 1 aliphatic rings. The molecule has 1 aromatic carbocycles. The van der Waals surface area contributed by atoms with Crippen molar-refractivity contribution in [1.82, 2.24) is 15.4 Å². The fraction of sp³-hybridized carbons (Fsp3) is 0.650. The van der Waals surface area contributed by atoms with Crippen LogP contribution in [0.15, 0.2) is 34.2 Å². The summed E-state index contributed by atoms with van der Waals surface area (Å²) in [5, 5.41) is 6.88. The second-order valence-electron chi connectivity index (χ2n) is 7.55. The van der Waals surface area contributed by atoms with Gasteiger partial charge >= 0.3 is 0 Å². The van der Waals surface area contributed by atoms with Crippen LogP contribution in [0.2, 0.25) is 0 Å². The maximum absolute atomic E-state index is 11.8. The molecule has 3 N–H and O–H groups in total. The molecule has 0 atom stereocenters. The van der Waals surface area contributed by atoms with Gasteiger partial charge in [-0.2, -0.15) is 0 Å². The summed E-state index contributed by atoms with van der Waals surface area (Å²) in [6, 6.07) is 7.33. The molecule has 6 nitrogen and oxygen atoms in total. The number of guanidine groups is 1. The minimum Gasteiger partial charge on any atom is -0.357 e. The predicted octanol–water partition coefficient (Wildman–Crippen LogP) is 2.86. The molecule has 0 aromatic heterocycles. The van der Waals surface area contributed by atoms with Crippen molar-refractivity contribution in [3.8, 4) is 0 Å². The Bertz CT molecular complexity index is 706. The number of sulfonamides is 1. The van der Waals surface area contributed by atoms with Crippen molar-refractivity contribution >= 4 is 16.0 Å². The van der Waals surface area contributed by atoms with E-state index in [9.17, 15) is 8.42 Å². The summed E-state index contributed by atoms with van der Waals surface area (Å²) in [5.74, 6) is 2.44. The minimum absolute atomic E-state index is 0.268. The largest absolute Gasteiger partial charge is 0.357 e. The van der Waals surface area contributed by atoms with E-state index in [1.54, 1.807) is 12.1 Å².